The summed E-state index contributed by atoms with van der Waals surface area (Å²) in [5, 5.41) is 0. The van der Waals surface area contributed by atoms with Gasteiger partial charge < -0.3 is 0 Å². The van der Waals surface area contributed by atoms with E-state index in [4.69, 9.17) is 0 Å². The van der Waals surface area contributed by atoms with Crippen LogP contribution in [-0.2, 0) is 0 Å². The predicted octanol–water partition coefficient (Wildman–Crippen LogP) is 9.68. The van der Waals surface area contributed by atoms with Crippen molar-refractivity contribution in [1.82, 2.24) is 0 Å². The van der Waals surface area contributed by atoms with Crippen molar-refractivity contribution in [1.29, 1.82) is 0 Å². The zero-order valence-corrected chi connectivity index (χ0v) is 20.4. The zero-order valence-electron chi connectivity index (χ0n) is 20.4. The highest BCUT2D eigenvalue weighted by atomic mass is 19.2. The van der Waals surface area contributed by atoms with Crippen LogP contribution in [0.5, 0.6) is 0 Å². The number of benzene rings is 1. The monoisotopic (exact) mass is 432 g/mol. The Morgan fingerprint density at radius 1 is 0.742 bits per heavy atom. The van der Waals surface area contributed by atoms with Crippen molar-refractivity contribution in [3.05, 3.63) is 35.4 Å². The van der Waals surface area contributed by atoms with Crippen LogP contribution >= 0.6 is 0 Å². The molecular weight excluding hydrogens is 386 g/mol. The third-order valence-electron chi connectivity index (χ3n) is 9.09. The molecule has 0 spiro atoms. The molecule has 3 rings (SSSR count). The van der Waals surface area contributed by atoms with E-state index in [-0.39, 0.29) is 0 Å². The van der Waals surface area contributed by atoms with E-state index in [0.717, 1.165) is 29.2 Å². The van der Waals surface area contributed by atoms with Crippen LogP contribution in [0.1, 0.15) is 122 Å². The normalized spacial score (nSPS) is 28.9. The molecular formula is C29H46F2. The van der Waals surface area contributed by atoms with E-state index in [2.05, 4.69) is 20.8 Å². The van der Waals surface area contributed by atoms with Crippen LogP contribution in [0.3, 0.4) is 0 Å². The first-order valence-corrected chi connectivity index (χ1v) is 13.4. The Bertz CT molecular complexity index is 638. The smallest absolute Gasteiger partial charge is 0.159 e. The Labute approximate surface area is 190 Å². The lowest BCUT2D eigenvalue weighted by atomic mass is 9.65. The first-order chi connectivity index (χ1) is 15.0. The lowest BCUT2D eigenvalue weighted by molar-refractivity contribution is 0.118. The minimum Gasteiger partial charge on any atom is -0.204 e. The van der Waals surface area contributed by atoms with E-state index in [1.807, 2.05) is 0 Å². The van der Waals surface area contributed by atoms with Gasteiger partial charge in [-0.15, -0.1) is 0 Å². The topological polar surface area (TPSA) is 0 Å². The highest BCUT2D eigenvalue weighted by Crippen LogP contribution is 2.45. The molecule has 1 aromatic rings. The number of hydrogen-bond acceptors (Lipinski definition) is 0. The average molecular weight is 433 g/mol. The molecule has 2 saturated carbocycles. The molecule has 0 N–H and O–H groups in total. The molecule has 2 atom stereocenters. The van der Waals surface area contributed by atoms with Crippen LogP contribution in [0.2, 0.25) is 0 Å². The van der Waals surface area contributed by atoms with Crippen molar-refractivity contribution < 1.29 is 8.78 Å². The third kappa shape index (κ3) is 7.03. The van der Waals surface area contributed by atoms with Gasteiger partial charge in [0, 0.05) is 0 Å². The molecule has 0 amide bonds. The molecule has 1 aromatic carbocycles. The largest absolute Gasteiger partial charge is 0.204 e. The molecule has 176 valence electrons. The summed E-state index contributed by atoms with van der Waals surface area (Å²) in [6.07, 6.45) is 19.5. The van der Waals surface area contributed by atoms with Crippen LogP contribution in [0.15, 0.2) is 18.2 Å². The van der Waals surface area contributed by atoms with Gasteiger partial charge in [0.2, 0.25) is 0 Å². The van der Waals surface area contributed by atoms with E-state index >= 15 is 0 Å². The molecule has 0 radical (unpaired) electrons. The Morgan fingerprint density at radius 3 is 1.94 bits per heavy atom. The van der Waals surface area contributed by atoms with Crippen LogP contribution in [0.25, 0.3) is 0 Å². The number of unbranched alkanes of at least 4 members (excludes halogenated alkanes) is 4. The van der Waals surface area contributed by atoms with Crippen LogP contribution in [0, 0.1) is 41.2 Å². The van der Waals surface area contributed by atoms with Crippen molar-refractivity contribution in [3.8, 4) is 0 Å². The second-order valence-corrected chi connectivity index (χ2v) is 11.0. The maximum atomic E-state index is 13.7. The summed E-state index contributed by atoms with van der Waals surface area (Å²) in [5.74, 6) is 3.13. The maximum Gasteiger partial charge on any atom is 0.159 e. The fourth-order valence-corrected chi connectivity index (χ4v) is 6.66. The van der Waals surface area contributed by atoms with Gasteiger partial charge in [0.1, 0.15) is 0 Å². The summed E-state index contributed by atoms with van der Waals surface area (Å²) in [6, 6.07) is 4.48. The summed E-state index contributed by atoms with van der Waals surface area (Å²) in [5.41, 5.74) is 0.961. The molecule has 2 unspecified atom stereocenters. The van der Waals surface area contributed by atoms with Gasteiger partial charge in [-0.3, -0.25) is 0 Å². The Morgan fingerprint density at radius 2 is 1.32 bits per heavy atom. The third-order valence-corrected chi connectivity index (χ3v) is 9.09. The second kappa shape index (κ2) is 12.4. The molecule has 2 fully saturated rings. The van der Waals surface area contributed by atoms with Crippen molar-refractivity contribution in [2.24, 2.45) is 29.6 Å². The molecule has 31 heavy (non-hydrogen) atoms. The summed E-state index contributed by atoms with van der Waals surface area (Å²) >= 11 is 0. The first kappa shape index (κ1) is 24.7. The fraction of sp³-hybridized carbons (Fsp3) is 0.793. The van der Waals surface area contributed by atoms with Crippen LogP contribution in [-0.4, -0.2) is 0 Å². The minimum atomic E-state index is -0.736. The molecule has 0 saturated heterocycles. The lowest BCUT2D eigenvalue weighted by Gasteiger charge is -2.40. The molecule has 0 aliphatic heterocycles. The second-order valence-electron chi connectivity index (χ2n) is 11.0. The lowest BCUT2D eigenvalue weighted by Crippen LogP contribution is -2.29. The summed E-state index contributed by atoms with van der Waals surface area (Å²) in [7, 11) is 0. The standard InChI is InChI=1S/C29H46F2/c1-4-5-6-7-8-9-23-10-12-24(13-11-23)21(2)25-14-16-26(17-15-25)22(3)27-18-19-28(30)29(31)20-27/h18-26H,4-17H2,1-3H3. The first-order valence-electron chi connectivity index (χ1n) is 13.4. The Kier molecular flexibility index (Phi) is 9.85. The molecule has 0 aromatic heterocycles. The van der Waals surface area contributed by atoms with Crippen molar-refractivity contribution in [2.45, 2.75) is 117 Å². The number of rotatable bonds is 10. The van der Waals surface area contributed by atoms with E-state index in [9.17, 15) is 8.78 Å². The van der Waals surface area contributed by atoms with Gasteiger partial charge in [0.25, 0.3) is 0 Å². The number of halogens is 2. The molecule has 0 heterocycles. The highest BCUT2D eigenvalue weighted by molar-refractivity contribution is 5.22. The van der Waals surface area contributed by atoms with Gasteiger partial charge in [-0.1, -0.05) is 78.2 Å². The van der Waals surface area contributed by atoms with Crippen LogP contribution < -0.4 is 0 Å². The molecule has 2 heteroatoms. The van der Waals surface area contributed by atoms with Crippen molar-refractivity contribution in [2.75, 3.05) is 0 Å². The zero-order chi connectivity index (χ0) is 22.2. The van der Waals surface area contributed by atoms with Gasteiger partial charge in [-0.05, 0) is 91.7 Å². The summed E-state index contributed by atoms with van der Waals surface area (Å²) < 4.78 is 26.9. The summed E-state index contributed by atoms with van der Waals surface area (Å²) in [4.78, 5) is 0. The van der Waals surface area contributed by atoms with E-state index in [1.54, 1.807) is 6.07 Å². The van der Waals surface area contributed by atoms with Crippen molar-refractivity contribution in [3.63, 3.8) is 0 Å². The SMILES string of the molecule is CCCCCCCC1CCC(C(C)C2CCC(C(C)c3ccc(F)c(F)c3)CC2)CC1. The highest BCUT2D eigenvalue weighted by Gasteiger charge is 2.33. The molecule has 2 aliphatic rings. The predicted molar refractivity (Wildman–Crippen MR) is 128 cm³/mol. The van der Waals surface area contributed by atoms with Gasteiger partial charge >= 0.3 is 0 Å². The van der Waals surface area contributed by atoms with E-state index in [1.165, 1.54) is 102 Å². The molecule has 0 bridgehead atoms. The quantitative estimate of drug-likeness (QED) is 0.323. The Hall–Kier alpha value is -0.920. The van der Waals surface area contributed by atoms with Crippen molar-refractivity contribution >= 4 is 0 Å². The fourth-order valence-electron chi connectivity index (χ4n) is 6.66. The van der Waals surface area contributed by atoms with Crippen LogP contribution in [0.4, 0.5) is 8.78 Å². The molecule has 0 nitrogen and oxygen atoms in total. The Balaban J connectivity index is 1.38. The van der Waals surface area contributed by atoms with Gasteiger partial charge in [0.15, 0.2) is 11.6 Å². The van der Waals surface area contributed by atoms with E-state index in [0.29, 0.717) is 11.8 Å². The van der Waals surface area contributed by atoms with Gasteiger partial charge in [-0.2, -0.15) is 0 Å². The summed E-state index contributed by atoms with van der Waals surface area (Å²) in [6.45, 7) is 7.02. The minimum absolute atomic E-state index is 0.319. The average Bonchev–Trinajstić information content (AvgIpc) is 2.80. The molecule has 2 aliphatic carbocycles. The maximum absolute atomic E-state index is 13.7. The van der Waals surface area contributed by atoms with Gasteiger partial charge in [0.05, 0.1) is 0 Å². The number of hydrogen-bond donors (Lipinski definition) is 0. The van der Waals surface area contributed by atoms with E-state index < -0.39 is 11.6 Å². The van der Waals surface area contributed by atoms with Gasteiger partial charge in [-0.25, -0.2) is 8.78 Å².